The second-order valence-corrected chi connectivity index (χ2v) is 7.09. The maximum Gasteiger partial charge on any atom is 0.251 e. The number of amides is 1. The molecule has 1 aromatic rings. The molecule has 4 heteroatoms. The van der Waals surface area contributed by atoms with E-state index in [1.54, 1.807) is 18.3 Å². The zero-order chi connectivity index (χ0) is 14.8. The number of nitrogens with one attached hydrogen (secondary N) is 1. The van der Waals surface area contributed by atoms with Gasteiger partial charge in [-0.3, -0.25) is 4.79 Å². The molecule has 0 aromatic carbocycles. The molecule has 1 amide bonds. The van der Waals surface area contributed by atoms with Crippen molar-refractivity contribution in [3.63, 3.8) is 0 Å². The Kier molecular flexibility index (Phi) is 4.69. The van der Waals surface area contributed by atoms with Crippen molar-refractivity contribution in [2.75, 3.05) is 0 Å². The van der Waals surface area contributed by atoms with Crippen molar-refractivity contribution in [1.82, 2.24) is 10.3 Å². The van der Waals surface area contributed by atoms with Crippen LogP contribution in [0.5, 0.6) is 0 Å². The van der Waals surface area contributed by atoms with Gasteiger partial charge in [-0.25, -0.2) is 4.98 Å². The molecule has 0 aliphatic heterocycles. The number of pyridine rings is 1. The first-order chi connectivity index (χ1) is 9.38. The third kappa shape index (κ3) is 3.72. The minimum atomic E-state index is -0.0459. The van der Waals surface area contributed by atoms with E-state index < -0.39 is 0 Å². The lowest BCUT2D eigenvalue weighted by Crippen LogP contribution is -2.46. The summed E-state index contributed by atoms with van der Waals surface area (Å²) in [6, 6.07) is 3.57. The van der Waals surface area contributed by atoms with Crippen LogP contribution in [-0.4, -0.2) is 16.9 Å². The Morgan fingerprint density at radius 2 is 2.05 bits per heavy atom. The number of hydrogen-bond acceptors (Lipinski definition) is 2. The minimum Gasteiger partial charge on any atom is -0.349 e. The summed E-state index contributed by atoms with van der Waals surface area (Å²) in [7, 11) is 0. The lowest BCUT2D eigenvalue weighted by atomic mass is 9.69. The fourth-order valence-corrected chi connectivity index (χ4v) is 3.31. The van der Waals surface area contributed by atoms with E-state index in [2.05, 4.69) is 31.1 Å². The van der Waals surface area contributed by atoms with Crippen LogP contribution in [-0.2, 0) is 0 Å². The summed E-state index contributed by atoms with van der Waals surface area (Å²) in [5, 5.41) is 3.55. The van der Waals surface area contributed by atoms with E-state index in [4.69, 9.17) is 11.6 Å². The maximum atomic E-state index is 12.3. The predicted octanol–water partition coefficient (Wildman–Crippen LogP) is 4.07. The van der Waals surface area contributed by atoms with Gasteiger partial charge in [-0.2, -0.15) is 0 Å². The molecule has 1 aliphatic carbocycles. The first-order valence-electron chi connectivity index (χ1n) is 7.30. The van der Waals surface area contributed by atoms with Gasteiger partial charge in [0.15, 0.2) is 0 Å². The highest BCUT2D eigenvalue weighted by molar-refractivity contribution is 6.29. The second-order valence-electron chi connectivity index (χ2n) is 6.70. The van der Waals surface area contributed by atoms with E-state index >= 15 is 0 Å². The highest BCUT2D eigenvalue weighted by Crippen LogP contribution is 2.38. The molecule has 110 valence electrons. The van der Waals surface area contributed by atoms with E-state index in [0.29, 0.717) is 16.6 Å². The molecule has 1 fully saturated rings. The van der Waals surface area contributed by atoms with Gasteiger partial charge < -0.3 is 5.32 Å². The Hall–Kier alpha value is -1.09. The van der Waals surface area contributed by atoms with Crippen molar-refractivity contribution < 1.29 is 4.79 Å². The van der Waals surface area contributed by atoms with Crippen LogP contribution in [0.15, 0.2) is 18.3 Å². The van der Waals surface area contributed by atoms with Gasteiger partial charge in [0, 0.05) is 17.8 Å². The lowest BCUT2D eigenvalue weighted by molar-refractivity contribution is 0.0830. The summed E-state index contributed by atoms with van der Waals surface area (Å²) in [6.45, 7) is 6.77. The number of hydrogen-bond donors (Lipinski definition) is 1. The third-order valence-corrected chi connectivity index (χ3v) is 4.39. The highest BCUT2D eigenvalue weighted by atomic mass is 35.5. The van der Waals surface area contributed by atoms with Crippen molar-refractivity contribution in [2.45, 2.75) is 52.5 Å². The topological polar surface area (TPSA) is 42.0 Å². The Bertz CT molecular complexity index is 482. The number of carbonyl (C=O) groups is 1. The average molecular weight is 295 g/mol. The van der Waals surface area contributed by atoms with Crippen LogP contribution in [0, 0.1) is 11.3 Å². The molecule has 1 aromatic heterocycles. The Labute approximate surface area is 126 Å². The van der Waals surface area contributed by atoms with Crippen molar-refractivity contribution >= 4 is 17.5 Å². The molecule has 1 aliphatic rings. The zero-order valence-corrected chi connectivity index (χ0v) is 13.2. The van der Waals surface area contributed by atoms with Gasteiger partial charge in [-0.15, -0.1) is 0 Å². The van der Waals surface area contributed by atoms with Crippen LogP contribution in [0.4, 0.5) is 0 Å². The van der Waals surface area contributed by atoms with E-state index in [9.17, 15) is 4.79 Å². The normalized spacial score (nSPS) is 23.4. The number of nitrogens with zero attached hydrogens (tertiary/aromatic N) is 1. The number of aromatic nitrogens is 1. The Morgan fingerprint density at radius 3 is 2.70 bits per heavy atom. The van der Waals surface area contributed by atoms with Crippen molar-refractivity contribution in [3.8, 4) is 0 Å². The van der Waals surface area contributed by atoms with Crippen molar-refractivity contribution in [1.29, 1.82) is 0 Å². The van der Waals surface area contributed by atoms with Crippen LogP contribution < -0.4 is 5.32 Å². The quantitative estimate of drug-likeness (QED) is 0.836. The number of rotatable bonds is 2. The highest BCUT2D eigenvalue weighted by Gasteiger charge is 2.34. The molecule has 20 heavy (non-hydrogen) atoms. The van der Waals surface area contributed by atoms with Crippen LogP contribution in [0.1, 0.15) is 56.8 Å². The summed E-state index contributed by atoms with van der Waals surface area (Å²) < 4.78 is 0. The Morgan fingerprint density at radius 1 is 1.35 bits per heavy atom. The van der Waals surface area contributed by atoms with E-state index in [-0.39, 0.29) is 17.4 Å². The van der Waals surface area contributed by atoms with Crippen LogP contribution >= 0.6 is 11.6 Å². The molecule has 0 bridgehead atoms. The molecular formula is C16H23ClN2O. The second kappa shape index (κ2) is 6.13. The fourth-order valence-electron chi connectivity index (χ4n) is 3.14. The van der Waals surface area contributed by atoms with Gasteiger partial charge >= 0.3 is 0 Å². The molecule has 1 N–H and O–H groups in total. The summed E-state index contributed by atoms with van der Waals surface area (Å²) >= 11 is 5.84. The van der Waals surface area contributed by atoms with Crippen LogP contribution in [0.25, 0.3) is 0 Å². The summed E-state index contributed by atoms with van der Waals surface area (Å²) in [5.74, 6) is 0.480. The fraction of sp³-hybridized carbons (Fsp3) is 0.625. The van der Waals surface area contributed by atoms with E-state index in [1.165, 1.54) is 19.3 Å². The summed E-state index contributed by atoms with van der Waals surface area (Å²) in [5.41, 5.74) is 0.803. The monoisotopic (exact) mass is 294 g/mol. The van der Waals surface area contributed by atoms with E-state index in [0.717, 1.165) is 6.42 Å². The van der Waals surface area contributed by atoms with Gasteiger partial charge in [0.2, 0.25) is 0 Å². The molecule has 0 saturated heterocycles. The van der Waals surface area contributed by atoms with Gasteiger partial charge in [-0.1, -0.05) is 45.2 Å². The van der Waals surface area contributed by atoms with Crippen molar-refractivity contribution in [2.24, 2.45) is 11.3 Å². The summed E-state index contributed by atoms with van der Waals surface area (Å²) in [4.78, 5) is 16.2. The smallest absolute Gasteiger partial charge is 0.251 e. The SMILES string of the molecule is CC(C)(C)C1CCCCC1NC(=O)c1ccnc(Cl)c1. The molecule has 2 rings (SSSR count). The Balaban J connectivity index is 2.09. The third-order valence-electron chi connectivity index (χ3n) is 4.18. The van der Waals surface area contributed by atoms with Gasteiger partial charge in [-0.05, 0) is 36.3 Å². The van der Waals surface area contributed by atoms with Crippen molar-refractivity contribution in [3.05, 3.63) is 29.0 Å². The molecule has 2 unspecified atom stereocenters. The number of carbonyl (C=O) groups excluding carboxylic acids is 1. The molecule has 1 heterocycles. The number of halogens is 1. The van der Waals surface area contributed by atoms with Crippen LogP contribution in [0.3, 0.4) is 0 Å². The molecule has 0 radical (unpaired) electrons. The minimum absolute atomic E-state index is 0.0459. The van der Waals surface area contributed by atoms with Gasteiger partial charge in [0.1, 0.15) is 5.15 Å². The maximum absolute atomic E-state index is 12.3. The molecule has 0 spiro atoms. The standard InChI is InChI=1S/C16H23ClN2O/c1-16(2,3)12-6-4-5-7-13(12)19-15(20)11-8-9-18-14(17)10-11/h8-10,12-13H,4-7H2,1-3H3,(H,19,20). The first kappa shape index (κ1) is 15.3. The average Bonchev–Trinajstić information content (AvgIpc) is 2.38. The molecule has 1 saturated carbocycles. The lowest BCUT2D eigenvalue weighted by Gasteiger charge is -2.40. The first-order valence-corrected chi connectivity index (χ1v) is 7.68. The van der Waals surface area contributed by atoms with Crippen LogP contribution in [0.2, 0.25) is 5.15 Å². The molecular weight excluding hydrogens is 272 g/mol. The predicted molar refractivity (Wildman–Crippen MR) is 81.9 cm³/mol. The molecule has 2 atom stereocenters. The zero-order valence-electron chi connectivity index (χ0n) is 12.4. The van der Waals surface area contributed by atoms with Gasteiger partial charge in [0.25, 0.3) is 5.91 Å². The molecule has 3 nitrogen and oxygen atoms in total. The van der Waals surface area contributed by atoms with Gasteiger partial charge in [0.05, 0.1) is 0 Å². The van der Waals surface area contributed by atoms with E-state index in [1.807, 2.05) is 0 Å². The summed E-state index contributed by atoms with van der Waals surface area (Å²) in [6.07, 6.45) is 6.27. The largest absolute Gasteiger partial charge is 0.349 e.